The fourth-order valence-corrected chi connectivity index (χ4v) is 3.96. The lowest BCUT2D eigenvalue weighted by Crippen LogP contribution is -2.37. The van der Waals surface area contributed by atoms with Crippen molar-refractivity contribution in [3.05, 3.63) is 94.8 Å². The first-order valence-corrected chi connectivity index (χ1v) is 10.8. The van der Waals surface area contributed by atoms with Crippen LogP contribution in [0.4, 0.5) is 5.69 Å². The summed E-state index contributed by atoms with van der Waals surface area (Å²) < 4.78 is 5.50. The van der Waals surface area contributed by atoms with E-state index in [9.17, 15) is 4.79 Å². The Balaban J connectivity index is 1.63. The predicted octanol–water partition coefficient (Wildman–Crippen LogP) is 4.38. The Morgan fingerprint density at radius 2 is 1.74 bits per heavy atom. The molecule has 1 fully saturated rings. The van der Waals surface area contributed by atoms with Gasteiger partial charge in [-0.05, 0) is 49.2 Å². The Kier molecular flexibility index (Phi) is 6.63. The third-order valence-corrected chi connectivity index (χ3v) is 5.61. The number of amides is 1. The molecule has 5 nitrogen and oxygen atoms in total. The lowest BCUT2D eigenvalue weighted by molar-refractivity contribution is 0.0727. The van der Waals surface area contributed by atoms with Crippen molar-refractivity contribution in [2.75, 3.05) is 31.2 Å². The topological polar surface area (TPSA) is 45.7 Å². The van der Waals surface area contributed by atoms with E-state index in [0.717, 1.165) is 48.9 Å². The molecular formula is C26H29N3O2. The Bertz CT molecular complexity index is 1030. The fraction of sp³-hybridized carbons (Fsp3) is 0.308. The molecule has 0 bridgehead atoms. The maximum Gasteiger partial charge on any atom is 0.254 e. The second-order valence-corrected chi connectivity index (χ2v) is 8.02. The maximum absolute atomic E-state index is 13.6. The molecule has 1 amide bonds. The summed E-state index contributed by atoms with van der Waals surface area (Å²) in [7, 11) is 0. The van der Waals surface area contributed by atoms with Crippen LogP contribution in [0.3, 0.4) is 0 Å². The molecule has 1 aliphatic heterocycles. The van der Waals surface area contributed by atoms with E-state index in [1.807, 2.05) is 66.4 Å². The number of benzene rings is 2. The molecule has 1 aliphatic rings. The van der Waals surface area contributed by atoms with E-state index < -0.39 is 0 Å². The van der Waals surface area contributed by atoms with Crippen LogP contribution in [0.5, 0.6) is 0 Å². The number of morpholine rings is 1. The van der Waals surface area contributed by atoms with E-state index in [2.05, 4.69) is 28.9 Å². The SMILES string of the molecule is Cc1cccc(CN(Cc2ccccc2)C(=O)c2ccc(C)c(N3CCOCC3)c2)n1. The summed E-state index contributed by atoms with van der Waals surface area (Å²) in [5, 5.41) is 0. The normalized spacial score (nSPS) is 13.8. The summed E-state index contributed by atoms with van der Waals surface area (Å²) in [6.07, 6.45) is 0. The predicted molar refractivity (Wildman–Crippen MR) is 123 cm³/mol. The van der Waals surface area contributed by atoms with E-state index in [4.69, 9.17) is 4.74 Å². The van der Waals surface area contributed by atoms with Gasteiger partial charge in [0, 0.05) is 36.6 Å². The molecule has 1 saturated heterocycles. The van der Waals surface area contributed by atoms with Crippen LogP contribution >= 0.6 is 0 Å². The first kappa shape index (κ1) is 21.1. The van der Waals surface area contributed by atoms with E-state index in [0.29, 0.717) is 18.7 Å². The molecule has 0 radical (unpaired) electrons. The van der Waals surface area contributed by atoms with Crippen LogP contribution in [0.2, 0.25) is 0 Å². The molecular weight excluding hydrogens is 386 g/mol. The summed E-state index contributed by atoms with van der Waals surface area (Å²) in [4.78, 5) is 22.4. The van der Waals surface area contributed by atoms with Crippen molar-refractivity contribution < 1.29 is 9.53 Å². The van der Waals surface area contributed by atoms with Gasteiger partial charge in [-0.3, -0.25) is 9.78 Å². The number of carbonyl (C=O) groups is 1. The lowest BCUT2D eigenvalue weighted by atomic mass is 10.1. The van der Waals surface area contributed by atoms with Gasteiger partial charge in [0.2, 0.25) is 0 Å². The zero-order chi connectivity index (χ0) is 21.6. The van der Waals surface area contributed by atoms with Crippen molar-refractivity contribution in [1.29, 1.82) is 0 Å². The van der Waals surface area contributed by atoms with Gasteiger partial charge in [-0.15, -0.1) is 0 Å². The van der Waals surface area contributed by atoms with E-state index in [-0.39, 0.29) is 5.91 Å². The second-order valence-electron chi connectivity index (χ2n) is 8.02. The lowest BCUT2D eigenvalue weighted by Gasteiger charge is -2.31. The minimum atomic E-state index is 0.0154. The molecule has 0 aliphatic carbocycles. The third-order valence-electron chi connectivity index (χ3n) is 5.61. The highest BCUT2D eigenvalue weighted by Gasteiger charge is 2.20. The third kappa shape index (κ3) is 5.30. The highest BCUT2D eigenvalue weighted by Crippen LogP contribution is 2.24. The average Bonchev–Trinajstić information content (AvgIpc) is 2.80. The van der Waals surface area contributed by atoms with Gasteiger partial charge in [0.1, 0.15) is 0 Å². The van der Waals surface area contributed by atoms with Crippen LogP contribution in [0.15, 0.2) is 66.7 Å². The monoisotopic (exact) mass is 415 g/mol. The van der Waals surface area contributed by atoms with Crippen LogP contribution in [-0.4, -0.2) is 42.1 Å². The number of aryl methyl sites for hydroxylation is 2. The Morgan fingerprint density at radius 1 is 0.968 bits per heavy atom. The number of rotatable bonds is 6. The van der Waals surface area contributed by atoms with Gasteiger partial charge in [0.25, 0.3) is 5.91 Å². The zero-order valence-electron chi connectivity index (χ0n) is 18.3. The number of carbonyl (C=O) groups excluding carboxylic acids is 1. The second kappa shape index (κ2) is 9.75. The first-order valence-electron chi connectivity index (χ1n) is 10.8. The summed E-state index contributed by atoms with van der Waals surface area (Å²) in [6, 6.07) is 22.1. The molecule has 4 rings (SSSR count). The van der Waals surface area contributed by atoms with Crippen molar-refractivity contribution in [2.45, 2.75) is 26.9 Å². The van der Waals surface area contributed by atoms with Gasteiger partial charge >= 0.3 is 0 Å². The highest BCUT2D eigenvalue weighted by molar-refractivity contribution is 5.95. The summed E-state index contributed by atoms with van der Waals surface area (Å²) in [5.41, 5.74) is 5.94. The standard InChI is InChI=1S/C26H29N3O2/c1-20-11-12-23(17-25(20)28-13-15-31-16-14-28)26(30)29(18-22-8-4-3-5-9-22)19-24-10-6-7-21(2)27-24/h3-12,17H,13-16,18-19H2,1-2H3. The van der Waals surface area contributed by atoms with Gasteiger partial charge in [0.15, 0.2) is 0 Å². The zero-order valence-corrected chi connectivity index (χ0v) is 18.3. The molecule has 0 unspecified atom stereocenters. The molecule has 160 valence electrons. The van der Waals surface area contributed by atoms with Crippen LogP contribution in [0.25, 0.3) is 0 Å². The molecule has 0 spiro atoms. The molecule has 0 atom stereocenters. The summed E-state index contributed by atoms with van der Waals surface area (Å²) >= 11 is 0. The fourth-order valence-electron chi connectivity index (χ4n) is 3.96. The number of anilines is 1. The van der Waals surface area contributed by atoms with Gasteiger partial charge < -0.3 is 14.5 Å². The molecule has 5 heteroatoms. The smallest absolute Gasteiger partial charge is 0.254 e. The maximum atomic E-state index is 13.6. The molecule has 0 saturated carbocycles. The Hall–Kier alpha value is -3.18. The number of hydrogen-bond acceptors (Lipinski definition) is 4. The average molecular weight is 416 g/mol. The highest BCUT2D eigenvalue weighted by atomic mass is 16.5. The number of hydrogen-bond donors (Lipinski definition) is 0. The van der Waals surface area contributed by atoms with Gasteiger partial charge in [-0.1, -0.05) is 42.5 Å². The van der Waals surface area contributed by atoms with Crippen molar-refractivity contribution in [3.8, 4) is 0 Å². The van der Waals surface area contributed by atoms with Gasteiger partial charge in [0.05, 0.1) is 25.5 Å². The summed E-state index contributed by atoms with van der Waals surface area (Å²) in [5.74, 6) is 0.0154. The molecule has 0 N–H and O–H groups in total. The number of nitrogens with zero attached hydrogens (tertiary/aromatic N) is 3. The van der Waals surface area contributed by atoms with Crippen LogP contribution < -0.4 is 4.90 Å². The minimum absolute atomic E-state index is 0.0154. The van der Waals surface area contributed by atoms with E-state index in [1.165, 1.54) is 5.56 Å². The number of aromatic nitrogens is 1. The van der Waals surface area contributed by atoms with E-state index in [1.54, 1.807) is 0 Å². The van der Waals surface area contributed by atoms with Crippen molar-refractivity contribution in [2.24, 2.45) is 0 Å². The van der Waals surface area contributed by atoms with Crippen LogP contribution in [0, 0.1) is 13.8 Å². The van der Waals surface area contributed by atoms with Crippen LogP contribution in [0.1, 0.15) is 32.9 Å². The molecule has 3 aromatic rings. The van der Waals surface area contributed by atoms with Crippen molar-refractivity contribution >= 4 is 11.6 Å². The summed E-state index contributed by atoms with van der Waals surface area (Å²) in [6.45, 7) is 8.21. The molecule has 2 aromatic carbocycles. The van der Waals surface area contributed by atoms with Gasteiger partial charge in [-0.2, -0.15) is 0 Å². The minimum Gasteiger partial charge on any atom is -0.378 e. The molecule has 1 aromatic heterocycles. The molecule has 2 heterocycles. The number of pyridine rings is 1. The van der Waals surface area contributed by atoms with E-state index >= 15 is 0 Å². The first-order chi connectivity index (χ1) is 15.1. The largest absolute Gasteiger partial charge is 0.378 e. The Morgan fingerprint density at radius 3 is 2.48 bits per heavy atom. The van der Waals surface area contributed by atoms with Crippen molar-refractivity contribution in [3.63, 3.8) is 0 Å². The van der Waals surface area contributed by atoms with Crippen LogP contribution in [-0.2, 0) is 17.8 Å². The Labute approximate surface area is 184 Å². The van der Waals surface area contributed by atoms with Crippen molar-refractivity contribution in [1.82, 2.24) is 9.88 Å². The number of ether oxygens (including phenoxy) is 1. The quantitative estimate of drug-likeness (QED) is 0.599. The molecule has 31 heavy (non-hydrogen) atoms. The van der Waals surface area contributed by atoms with Gasteiger partial charge in [-0.25, -0.2) is 0 Å².